The largest absolute Gasteiger partial charge is 0.478 e. The number of halogens is 1. The molecule has 2 rings (SSSR count). The highest BCUT2D eigenvalue weighted by Crippen LogP contribution is 2.27. The van der Waals surface area contributed by atoms with Gasteiger partial charge in [-0.05, 0) is 39.0 Å². The molecule has 1 atom stereocenters. The molecule has 4 nitrogen and oxygen atoms in total. The van der Waals surface area contributed by atoms with E-state index in [4.69, 9.17) is 9.52 Å². The van der Waals surface area contributed by atoms with Crippen LogP contribution in [0.15, 0.2) is 28.7 Å². The molecular formula is C15H16FNO3. The Morgan fingerprint density at radius 1 is 1.40 bits per heavy atom. The number of carbonyl (C=O) groups is 1. The lowest BCUT2D eigenvalue weighted by Crippen LogP contribution is -2.12. The van der Waals surface area contributed by atoms with E-state index in [-0.39, 0.29) is 17.3 Å². The van der Waals surface area contributed by atoms with Crippen LogP contribution in [0.1, 0.15) is 40.4 Å². The van der Waals surface area contributed by atoms with Crippen LogP contribution in [0.3, 0.4) is 0 Å². The first-order valence-electron chi connectivity index (χ1n) is 6.25. The second-order valence-electron chi connectivity index (χ2n) is 4.70. The number of benzene rings is 1. The van der Waals surface area contributed by atoms with Crippen molar-refractivity contribution < 1.29 is 18.7 Å². The van der Waals surface area contributed by atoms with Gasteiger partial charge >= 0.3 is 5.97 Å². The van der Waals surface area contributed by atoms with Crippen molar-refractivity contribution in [3.8, 4) is 0 Å². The van der Waals surface area contributed by atoms with E-state index in [9.17, 15) is 9.18 Å². The topological polar surface area (TPSA) is 62.5 Å². The normalized spacial score (nSPS) is 12.2. The second-order valence-corrected chi connectivity index (χ2v) is 4.70. The van der Waals surface area contributed by atoms with E-state index in [2.05, 4.69) is 5.32 Å². The third-order valence-electron chi connectivity index (χ3n) is 3.15. The van der Waals surface area contributed by atoms with E-state index in [1.54, 1.807) is 6.07 Å². The first kappa shape index (κ1) is 14.1. The third kappa shape index (κ3) is 2.66. The Bertz CT molecular complexity index is 649. The summed E-state index contributed by atoms with van der Waals surface area (Å²) in [7, 11) is 0. The van der Waals surface area contributed by atoms with Gasteiger partial charge in [-0.2, -0.15) is 0 Å². The number of carboxylic acids is 1. The smallest absolute Gasteiger partial charge is 0.340 e. The van der Waals surface area contributed by atoms with Crippen LogP contribution in [0, 0.1) is 19.7 Å². The monoisotopic (exact) mass is 277 g/mol. The van der Waals surface area contributed by atoms with Gasteiger partial charge in [0, 0.05) is 5.56 Å². The predicted octanol–water partition coefficient (Wildman–Crippen LogP) is 3.91. The Balaban J connectivity index is 2.33. The Kier molecular flexibility index (Phi) is 3.79. The summed E-state index contributed by atoms with van der Waals surface area (Å²) in [6.45, 7) is 5.55. The standard InChI is InChI=1S/C15H16FNO3/c1-8-7-11(10(3)20-8)9(2)17-13-6-4-5-12(16)14(13)15(18)19/h4-7,9,17H,1-3H3,(H,18,19). The molecule has 1 aromatic carbocycles. The first-order valence-corrected chi connectivity index (χ1v) is 6.25. The summed E-state index contributed by atoms with van der Waals surface area (Å²) in [5.41, 5.74) is 0.823. The Labute approximate surface area is 116 Å². The molecule has 0 amide bonds. The molecule has 1 unspecified atom stereocenters. The van der Waals surface area contributed by atoms with Crippen LogP contribution in [0.25, 0.3) is 0 Å². The van der Waals surface area contributed by atoms with Crippen LogP contribution in [0.5, 0.6) is 0 Å². The number of nitrogens with one attached hydrogen (secondary N) is 1. The van der Waals surface area contributed by atoms with Gasteiger partial charge in [-0.3, -0.25) is 0 Å². The maximum absolute atomic E-state index is 13.6. The number of hydrogen-bond acceptors (Lipinski definition) is 3. The van der Waals surface area contributed by atoms with Gasteiger partial charge in [0.05, 0.1) is 11.7 Å². The number of rotatable bonds is 4. The Morgan fingerprint density at radius 3 is 2.65 bits per heavy atom. The Hall–Kier alpha value is -2.30. The van der Waals surface area contributed by atoms with Crippen LogP contribution < -0.4 is 5.32 Å². The number of aryl methyl sites for hydroxylation is 2. The van der Waals surface area contributed by atoms with Gasteiger partial charge in [-0.15, -0.1) is 0 Å². The zero-order valence-corrected chi connectivity index (χ0v) is 11.5. The van der Waals surface area contributed by atoms with Crippen molar-refractivity contribution in [3.05, 3.63) is 52.7 Å². The molecule has 0 bridgehead atoms. The molecule has 0 fully saturated rings. The lowest BCUT2D eigenvalue weighted by Gasteiger charge is -2.16. The van der Waals surface area contributed by atoms with Crippen LogP contribution >= 0.6 is 0 Å². The van der Waals surface area contributed by atoms with Crippen LogP contribution in [0.4, 0.5) is 10.1 Å². The van der Waals surface area contributed by atoms with Crippen molar-refractivity contribution >= 4 is 11.7 Å². The molecule has 0 radical (unpaired) electrons. The van der Waals surface area contributed by atoms with E-state index >= 15 is 0 Å². The highest BCUT2D eigenvalue weighted by atomic mass is 19.1. The summed E-state index contributed by atoms with van der Waals surface area (Å²) in [4.78, 5) is 11.1. The summed E-state index contributed by atoms with van der Waals surface area (Å²) in [5, 5.41) is 12.1. The number of hydrogen-bond donors (Lipinski definition) is 2. The molecule has 5 heteroatoms. The second kappa shape index (κ2) is 5.36. The van der Waals surface area contributed by atoms with Crippen LogP contribution in [-0.4, -0.2) is 11.1 Å². The zero-order valence-electron chi connectivity index (χ0n) is 11.5. The van der Waals surface area contributed by atoms with Crippen LogP contribution in [-0.2, 0) is 0 Å². The molecule has 2 N–H and O–H groups in total. The first-order chi connectivity index (χ1) is 9.40. The fourth-order valence-electron chi connectivity index (χ4n) is 2.25. The van der Waals surface area contributed by atoms with Crippen molar-refractivity contribution in [2.24, 2.45) is 0 Å². The minimum absolute atomic E-state index is 0.188. The van der Waals surface area contributed by atoms with Gasteiger partial charge in [-0.25, -0.2) is 9.18 Å². The van der Waals surface area contributed by atoms with Gasteiger partial charge in [0.15, 0.2) is 0 Å². The van der Waals surface area contributed by atoms with Gasteiger partial charge < -0.3 is 14.8 Å². The van der Waals surface area contributed by atoms with E-state index in [1.165, 1.54) is 6.07 Å². The van der Waals surface area contributed by atoms with Gasteiger partial charge in [0.2, 0.25) is 0 Å². The fourth-order valence-corrected chi connectivity index (χ4v) is 2.25. The third-order valence-corrected chi connectivity index (χ3v) is 3.15. The zero-order chi connectivity index (χ0) is 14.9. The van der Waals surface area contributed by atoms with Crippen molar-refractivity contribution in [2.75, 3.05) is 5.32 Å². The lowest BCUT2D eigenvalue weighted by molar-refractivity contribution is 0.0693. The van der Waals surface area contributed by atoms with Crippen molar-refractivity contribution in [1.29, 1.82) is 0 Å². The summed E-state index contributed by atoms with van der Waals surface area (Å²) < 4.78 is 19.0. The SMILES string of the molecule is Cc1cc(C(C)Nc2cccc(F)c2C(=O)O)c(C)o1. The molecule has 1 heterocycles. The fraction of sp³-hybridized carbons (Fsp3) is 0.267. The average molecular weight is 277 g/mol. The van der Waals surface area contributed by atoms with Gasteiger partial charge in [0.1, 0.15) is 22.9 Å². The lowest BCUT2D eigenvalue weighted by atomic mass is 10.1. The molecule has 0 aliphatic heterocycles. The number of aromatic carboxylic acids is 1. The van der Waals surface area contributed by atoms with Gasteiger partial charge in [-0.1, -0.05) is 6.07 Å². The molecular weight excluding hydrogens is 261 g/mol. The quantitative estimate of drug-likeness (QED) is 0.889. The predicted molar refractivity (Wildman–Crippen MR) is 73.6 cm³/mol. The molecule has 106 valence electrons. The maximum atomic E-state index is 13.6. The molecule has 2 aromatic rings. The highest BCUT2D eigenvalue weighted by Gasteiger charge is 2.19. The van der Waals surface area contributed by atoms with E-state index in [1.807, 2.05) is 26.8 Å². The minimum atomic E-state index is -1.29. The van der Waals surface area contributed by atoms with E-state index in [0.717, 1.165) is 23.2 Å². The molecule has 0 aliphatic carbocycles. The molecule has 0 spiro atoms. The molecule has 1 aromatic heterocycles. The molecule has 0 saturated heterocycles. The van der Waals surface area contributed by atoms with Gasteiger partial charge in [0.25, 0.3) is 0 Å². The molecule has 0 aliphatic rings. The minimum Gasteiger partial charge on any atom is -0.478 e. The van der Waals surface area contributed by atoms with Crippen molar-refractivity contribution in [2.45, 2.75) is 26.8 Å². The maximum Gasteiger partial charge on any atom is 0.340 e. The number of carboxylic acid groups (broad SMARTS) is 1. The van der Waals surface area contributed by atoms with Crippen molar-refractivity contribution in [3.63, 3.8) is 0 Å². The number of anilines is 1. The average Bonchev–Trinajstić information content (AvgIpc) is 2.68. The number of furan rings is 1. The van der Waals surface area contributed by atoms with E-state index < -0.39 is 11.8 Å². The van der Waals surface area contributed by atoms with E-state index in [0.29, 0.717) is 0 Å². The summed E-state index contributed by atoms with van der Waals surface area (Å²) >= 11 is 0. The van der Waals surface area contributed by atoms with Crippen LogP contribution in [0.2, 0.25) is 0 Å². The summed E-state index contributed by atoms with van der Waals surface area (Å²) in [6, 6.07) is 5.85. The molecule has 0 saturated carbocycles. The summed E-state index contributed by atoms with van der Waals surface area (Å²) in [5.74, 6) is -0.507. The highest BCUT2D eigenvalue weighted by molar-refractivity contribution is 5.94. The molecule has 20 heavy (non-hydrogen) atoms. The Morgan fingerprint density at radius 2 is 2.10 bits per heavy atom. The summed E-state index contributed by atoms with van der Waals surface area (Å²) in [6.07, 6.45) is 0. The van der Waals surface area contributed by atoms with Crippen molar-refractivity contribution in [1.82, 2.24) is 0 Å².